The predicted molar refractivity (Wildman–Crippen MR) is 81.8 cm³/mol. The highest BCUT2D eigenvalue weighted by molar-refractivity contribution is 6.40. The van der Waals surface area contributed by atoms with Crippen LogP contribution < -0.4 is 0 Å². The van der Waals surface area contributed by atoms with Crippen LogP contribution in [0.4, 0.5) is 4.39 Å². The van der Waals surface area contributed by atoms with E-state index in [4.69, 9.17) is 37.9 Å². The van der Waals surface area contributed by atoms with Crippen LogP contribution in [0.25, 0.3) is 0 Å². The first-order valence-electron chi connectivity index (χ1n) is 6.50. The summed E-state index contributed by atoms with van der Waals surface area (Å²) in [4.78, 5) is 24.3. The monoisotopic (exact) mass is 359 g/mol. The minimum Gasteiger partial charge on any atom is -0.500 e. The maximum atomic E-state index is 13.8. The fourth-order valence-corrected chi connectivity index (χ4v) is 2.10. The SMILES string of the molecule is CCOC=C(C(=O)OCC)C(=O)c1cc(F)c(Cl)c(C#N)c1Cl. The highest BCUT2D eigenvalue weighted by Gasteiger charge is 2.27. The second-order valence-electron chi connectivity index (χ2n) is 4.06. The number of halogens is 3. The van der Waals surface area contributed by atoms with Gasteiger partial charge in [-0.2, -0.15) is 5.26 Å². The third kappa shape index (κ3) is 4.21. The zero-order valence-corrected chi connectivity index (χ0v) is 13.8. The Labute approximate surface area is 142 Å². The van der Waals surface area contributed by atoms with E-state index in [0.29, 0.717) is 0 Å². The number of esters is 1. The summed E-state index contributed by atoms with van der Waals surface area (Å²) in [5.41, 5.74) is -1.25. The summed E-state index contributed by atoms with van der Waals surface area (Å²) in [6.45, 7) is 3.43. The Kier molecular flexibility index (Phi) is 7.01. The molecule has 122 valence electrons. The maximum absolute atomic E-state index is 13.8. The van der Waals surface area contributed by atoms with Crippen molar-refractivity contribution in [1.82, 2.24) is 0 Å². The summed E-state index contributed by atoms with van der Waals surface area (Å²) in [5, 5.41) is 8.12. The van der Waals surface area contributed by atoms with Crippen LogP contribution in [0.15, 0.2) is 17.9 Å². The van der Waals surface area contributed by atoms with E-state index >= 15 is 0 Å². The molecule has 1 aromatic rings. The average molecular weight is 360 g/mol. The van der Waals surface area contributed by atoms with Gasteiger partial charge in [-0.05, 0) is 19.9 Å². The second kappa shape index (κ2) is 8.51. The zero-order valence-electron chi connectivity index (χ0n) is 12.3. The van der Waals surface area contributed by atoms with Gasteiger partial charge in [0.1, 0.15) is 23.7 Å². The van der Waals surface area contributed by atoms with E-state index in [1.807, 2.05) is 0 Å². The van der Waals surface area contributed by atoms with Gasteiger partial charge in [0, 0.05) is 5.56 Å². The van der Waals surface area contributed by atoms with Crippen LogP contribution >= 0.6 is 23.2 Å². The van der Waals surface area contributed by atoms with Crippen LogP contribution in [0.5, 0.6) is 0 Å². The van der Waals surface area contributed by atoms with Crippen LogP contribution in [-0.2, 0) is 14.3 Å². The van der Waals surface area contributed by atoms with Crippen molar-refractivity contribution in [3.63, 3.8) is 0 Å². The van der Waals surface area contributed by atoms with E-state index in [1.54, 1.807) is 19.9 Å². The van der Waals surface area contributed by atoms with Crippen molar-refractivity contribution in [1.29, 1.82) is 5.26 Å². The molecule has 0 fully saturated rings. The molecule has 0 heterocycles. The molecular weight excluding hydrogens is 348 g/mol. The summed E-state index contributed by atoms with van der Waals surface area (Å²) in [6, 6.07) is 2.37. The first kappa shape index (κ1) is 18.9. The summed E-state index contributed by atoms with van der Waals surface area (Å²) in [5.74, 6) is -2.89. The van der Waals surface area contributed by atoms with Crippen molar-refractivity contribution in [2.75, 3.05) is 13.2 Å². The number of benzene rings is 1. The summed E-state index contributed by atoms with van der Waals surface area (Å²) < 4.78 is 23.5. The summed E-state index contributed by atoms with van der Waals surface area (Å²) in [6.07, 6.45) is 0.912. The Bertz CT molecular complexity index is 710. The lowest BCUT2D eigenvalue weighted by molar-refractivity contribution is -0.138. The topological polar surface area (TPSA) is 76.4 Å². The molecule has 8 heteroatoms. The number of carbonyl (C=O) groups excluding carboxylic acids is 2. The fourth-order valence-electron chi connectivity index (χ4n) is 1.58. The van der Waals surface area contributed by atoms with Gasteiger partial charge in [-0.1, -0.05) is 23.2 Å². The van der Waals surface area contributed by atoms with Crippen LogP contribution in [0.2, 0.25) is 10.0 Å². The molecule has 0 radical (unpaired) electrons. The molecule has 0 aliphatic carbocycles. The molecule has 0 aromatic heterocycles. The minimum absolute atomic E-state index is 0.0295. The molecule has 0 unspecified atom stereocenters. The van der Waals surface area contributed by atoms with Gasteiger partial charge in [0.05, 0.1) is 28.8 Å². The number of rotatable bonds is 6. The maximum Gasteiger partial charge on any atom is 0.345 e. The largest absolute Gasteiger partial charge is 0.500 e. The molecule has 0 aliphatic rings. The van der Waals surface area contributed by atoms with E-state index in [-0.39, 0.29) is 23.8 Å². The molecule has 0 saturated heterocycles. The van der Waals surface area contributed by atoms with Crippen molar-refractivity contribution in [3.05, 3.63) is 44.9 Å². The molecule has 0 bridgehead atoms. The molecule has 0 aliphatic heterocycles. The molecule has 0 atom stereocenters. The molecule has 0 N–H and O–H groups in total. The molecule has 0 saturated carbocycles. The highest BCUT2D eigenvalue weighted by atomic mass is 35.5. The van der Waals surface area contributed by atoms with Gasteiger partial charge in [-0.15, -0.1) is 0 Å². The minimum atomic E-state index is -1.00. The Morgan fingerprint density at radius 2 is 1.96 bits per heavy atom. The van der Waals surface area contributed by atoms with Gasteiger partial charge in [0.25, 0.3) is 0 Å². The molecule has 0 amide bonds. The fraction of sp³-hybridized carbons (Fsp3) is 0.267. The van der Waals surface area contributed by atoms with Gasteiger partial charge in [0.15, 0.2) is 0 Å². The molecule has 1 rings (SSSR count). The Balaban J connectivity index is 3.43. The standard InChI is InChI=1S/C15H12Cl2FNO4/c1-3-22-7-10(15(21)23-4-2)14(20)8-5-11(18)13(17)9(6-19)12(8)16/h5,7H,3-4H2,1-2H3. The molecule has 5 nitrogen and oxygen atoms in total. The van der Waals surface area contributed by atoms with Gasteiger partial charge < -0.3 is 9.47 Å². The van der Waals surface area contributed by atoms with Gasteiger partial charge in [0.2, 0.25) is 5.78 Å². The van der Waals surface area contributed by atoms with Crippen molar-refractivity contribution in [2.24, 2.45) is 0 Å². The Morgan fingerprint density at radius 1 is 1.30 bits per heavy atom. The predicted octanol–water partition coefficient (Wildman–Crippen LogP) is 3.67. The number of hydrogen-bond donors (Lipinski definition) is 0. The second-order valence-corrected chi connectivity index (χ2v) is 4.81. The van der Waals surface area contributed by atoms with Crippen LogP contribution in [-0.4, -0.2) is 25.0 Å². The van der Waals surface area contributed by atoms with E-state index < -0.39 is 33.7 Å². The first-order valence-corrected chi connectivity index (χ1v) is 7.25. The molecule has 0 spiro atoms. The third-order valence-corrected chi connectivity index (χ3v) is 3.38. The van der Waals surface area contributed by atoms with Crippen molar-refractivity contribution >= 4 is 35.0 Å². The molecule has 23 heavy (non-hydrogen) atoms. The van der Waals surface area contributed by atoms with Gasteiger partial charge >= 0.3 is 5.97 Å². The van der Waals surface area contributed by atoms with Crippen LogP contribution in [0.1, 0.15) is 29.8 Å². The summed E-state index contributed by atoms with van der Waals surface area (Å²) in [7, 11) is 0. The van der Waals surface area contributed by atoms with Crippen LogP contribution in [0.3, 0.4) is 0 Å². The lowest BCUT2D eigenvalue weighted by atomic mass is 10.0. The smallest absolute Gasteiger partial charge is 0.345 e. The lowest BCUT2D eigenvalue weighted by Crippen LogP contribution is -2.17. The van der Waals surface area contributed by atoms with Gasteiger partial charge in [-0.25, -0.2) is 9.18 Å². The average Bonchev–Trinajstić information content (AvgIpc) is 2.52. The number of Topliss-reactive ketones (excluding diaryl/α,β-unsaturated/α-hetero) is 1. The quantitative estimate of drug-likeness (QED) is 0.147. The highest BCUT2D eigenvalue weighted by Crippen LogP contribution is 2.31. The van der Waals surface area contributed by atoms with Gasteiger partial charge in [-0.3, -0.25) is 4.79 Å². The third-order valence-electron chi connectivity index (χ3n) is 2.62. The number of nitriles is 1. The van der Waals surface area contributed by atoms with E-state index in [2.05, 4.69) is 0 Å². The number of nitrogens with zero attached hydrogens (tertiary/aromatic N) is 1. The Hall–Kier alpha value is -2.10. The van der Waals surface area contributed by atoms with Crippen LogP contribution in [0, 0.1) is 17.1 Å². The zero-order chi connectivity index (χ0) is 17.6. The molecular formula is C15H12Cl2FNO4. The summed E-state index contributed by atoms with van der Waals surface area (Å²) >= 11 is 11.6. The van der Waals surface area contributed by atoms with Crippen molar-refractivity contribution in [3.8, 4) is 6.07 Å². The first-order chi connectivity index (χ1) is 10.9. The number of ketones is 1. The van der Waals surface area contributed by atoms with E-state index in [0.717, 1.165) is 12.3 Å². The normalized spacial score (nSPS) is 10.9. The lowest BCUT2D eigenvalue weighted by Gasteiger charge is -2.10. The molecule has 1 aromatic carbocycles. The van der Waals surface area contributed by atoms with Crippen molar-refractivity contribution < 1.29 is 23.5 Å². The number of hydrogen-bond acceptors (Lipinski definition) is 5. The van der Waals surface area contributed by atoms with Crippen molar-refractivity contribution in [2.45, 2.75) is 13.8 Å². The Morgan fingerprint density at radius 3 is 2.48 bits per heavy atom. The van der Waals surface area contributed by atoms with E-state index in [1.165, 1.54) is 0 Å². The number of ether oxygens (including phenoxy) is 2. The van der Waals surface area contributed by atoms with E-state index in [9.17, 15) is 14.0 Å². The number of carbonyl (C=O) groups is 2.